The van der Waals surface area contributed by atoms with Crippen molar-refractivity contribution in [1.29, 1.82) is 0 Å². The molecule has 146 valence electrons. The number of carbonyl (C=O) groups is 1. The minimum atomic E-state index is -0.425. The van der Waals surface area contributed by atoms with Gasteiger partial charge in [-0.2, -0.15) is 0 Å². The van der Waals surface area contributed by atoms with E-state index in [1.54, 1.807) is 6.07 Å². The van der Waals surface area contributed by atoms with Crippen LogP contribution in [0.1, 0.15) is 16.1 Å². The summed E-state index contributed by atoms with van der Waals surface area (Å²) in [6.45, 7) is 2.26. The fourth-order valence-corrected chi connectivity index (χ4v) is 3.35. The number of rotatable bonds is 6. The number of furan rings is 1. The van der Waals surface area contributed by atoms with E-state index in [-0.39, 0.29) is 13.2 Å². The van der Waals surface area contributed by atoms with Crippen molar-refractivity contribution in [2.45, 2.75) is 6.92 Å². The molecule has 0 N–H and O–H groups in total. The summed E-state index contributed by atoms with van der Waals surface area (Å²) in [6.07, 6.45) is 0. The van der Waals surface area contributed by atoms with Crippen molar-refractivity contribution in [1.82, 2.24) is 4.98 Å². The summed E-state index contributed by atoms with van der Waals surface area (Å²) < 4.78 is 17.7. The van der Waals surface area contributed by atoms with Crippen molar-refractivity contribution in [3.8, 4) is 17.2 Å². The maximum absolute atomic E-state index is 12.8. The highest BCUT2D eigenvalue weighted by Gasteiger charge is 2.16. The van der Waals surface area contributed by atoms with Crippen LogP contribution in [0.25, 0.3) is 22.4 Å². The Hall–Kier alpha value is -3.12. The molecule has 0 saturated heterocycles. The fourth-order valence-electron chi connectivity index (χ4n) is 2.97. The van der Waals surface area contributed by atoms with Crippen LogP contribution >= 0.6 is 15.9 Å². The topological polar surface area (TPSA) is 61.6 Å². The molecule has 2 aromatic carbocycles. The Balaban J connectivity index is 1.51. The Morgan fingerprint density at radius 1 is 1.03 bits per heavy atom. The highest BCUT2D eigenvalue weighted by molar-refractivity contribution is 9.10. The Morgan fingerprint density at radius 3 is 2.69 bits per heavy atom. The maximum atomic E-state index is 12.8. The van der Waals surface area contributed by atoms with E-state index in [0.717, 1.165) is 15.6 Å². The summed E-state index contributed by atoms with van der Waals surface area (Å²) >= 11 is 3.40. The first-order valence-corrected chi connectivity index (χ1v) is 9.91. The number of esters is 1. The normalized spacial score (nSPS) is 10.8. The quantitative estimate of drug-likeness (QED) is 0.273. The summed E-state index contributed by atoms with van der Waals surface area (Å²) in [5, 5.41) is 0.734. The zero-order chi connectivity index (χ0) is 20.2. The number of hydrogen-bond donors (Lipinski definition) is 0. The predicted octanol–water partition coefficient (Wildman–Crippen LogP) is 5.80. The zero-order valence-corrected chi connectivity index (χ0v) is 17.3. The van der Waals surface area contributed by atoms with Crippen LogP contribution in [0.4, 0.5) is 0 Å². The van der Waals surface area contributed by atoms with Gasteiger partial charge in [-0.1, -0.05) is 40.2 Å². The van der Waals surface area contributed by atoms with Crippen molar-refractivity contribution in [2.24, 2.45) is 0 Å². The largest absolute Gasteiger partial charge is 0.490 e. The van der Waals surface area contributed by atoms with Gasteiger partial charge in [0, 0.05) is 9.86 Å². The minimum absolute atomic E-state index is 0.136. The van der Waals surface area contributed by atoms with Gasteiger partial charge in [0.25, 0.3) is 0 Å². The van der Waals surface area contributed by atoms with Crippen LogP contribution in [0.5, 0.6) is 5.75 Å². The van der Waals surface area contributed by atoms with E-state index >= 15 is 0 Å². The highest BCUT2D eigenvalue weighted by Crippen LogP contribution is 2.26. The van der Waals surface area contributed by atoms with Crippen molar-refractivity contribution in [3.05, 3.63) is 82.5 Å². The molecule has 0 aliphatic rings. The number of benzene rings is 2. The minimum Gasteiger partial charge on any atom is -0.490 e. The number of para-hydroxylation sites is 1. The van der Waals surface area contributed by atoms with E-state index in [1.807, 2.05) is 67.6 Å². The first kappa shape index (κ1) is 19.2. The molecule has 4 rings (SSSR count). The monoisotopic (exact) mass is 451 g/mol. The summed E-state index contributed by atoms with van der Waals surface area (Å²) in [5.74, 6) is 1.68. The number of pyridine rings is 1. The zero-order valence-electron chi connectivity index (χ0n) is 15.7. The lowest BCUT2D eigenvalue weighted by Crippen LogP contribution is -2.13. The molecule has 0 amide bonds. The van der Waals surface area contributed by atoms with Gasteiger partial charge in [0.05, 0.1) is 11.1 Å². The Bertz CT molecular complexity index is 1170. The number of nitrogens with zero attached hydrogens (tertiary/aromatic N) is 1. The van der Waals surface area contributed by atoms with Gasteiger partial charge in [-0.15, -0.1) is 0 Å². The van der Waals surface area contributed by atoms with Gasteiger partial charge in [0.2, 0.25) is 0 Å². The molecule has 0 radical (unpaired) electrons. The van der Waals surface area contributed by atoms with Crippen LogP contribution in [0.3, 0.4) is 0 Å². The Kier molecular flexibility index (Phi) is 5.62. The third-order valence-corrected chi connectivity index (χ3v) is 4.80. The number of hydrogen-bond acceptors (Lipinski definition) is 5. The number of aromatic nitrogens is 1. The first-order chi connectivity index (χ1) is 14.1. The third kappa shape index (κ3) is 4.49. The molecule has 0 aliphatic heterocycles. The second-order valence-electron chi connectivity index (χ2n) is 6.42. The van der Waals surface area contributed by atoms with Crippen LogP contribution in [-0.2, 0) is 4.74 Å². The van der Waals surface area contributed by atoms with Crippen LogP contribution in [0, 0.1) is 6.92 Å². The molecule has 6 heteroatoms. The van der Waals surface area contributed by atoms with Gasteiger partial charge >= 0.3 is 5.97 Å². The molecule has 29 heavy (non-hydrogen) atoms. The lowest BCUT2D eigenvalue weighted by molar-refractivity contribution is 0.0452. The van der Waals surface area contributed by atoms with Crippen LogP contribution in [-0.4, -0.2) is 24.2 Å². The van der Waals surface area contributed by atoms with Gasteiger partial charge in [-0.25, -0.2) is 9.78 Å². The molecule has 0 bridgehead atoms. The second-order valence-corrected chi connectivity index (χ2v) is 7.34. The molecule has 5 nitrogen and oxygen atoms in total. The van der Waals surface area contributed by atoms with E-state index < -0.39 is 5.97 Å². The molecule has 2 heterocycles. The fraction of sp³-hybridized carbons (Fsp3) is 0.130. The SMILES string of the molecule is Cc1ccc(-c2cc(C(=O)OCCOc3cccc(Br)c3)c3ccccc3n2)o1. The van der Waals surface area contributed by atoms with E-state index in [9.17, 15) is 4.79 Å². The average molecular weight is 452 g/mol. The molecule has 0 saturated carbocycles. The average Bonchev–Trinajstić information content (AvgIpc) is 3.16. The molecule has 4 aromatic rings. The molecule has 0 atom stereocenters. The summed E-state index contributed by atoms with van der Waals surface area (Å²) in [5.41, 5.74) is 1.74. The summed E-state index contributed by atoms with van der Waals surface area (Å²) in [4.78, 5) is 17.4. The number of fused-ring (bicyclic) bond motifs is 1. The number of halogens is 1. The van der Waals surface area contributed by atoms with Crippen molar-refractivity contribution in [2.75, 3.05) is 13.2 Å². The standard InChI is InChI=1S/C23H18BrNO4/c1-15-9-10-22(29-15)21-14-19(18-7-2-3-8-20(18)25-21)23(26)28-12-11-27-17-6-4-5-16(24)13-17/h2-10,13-14H,11-12H2,1H3. The summed E-state index contributed by atoms with van der Waals surface area (Å²) in [7, 11) is 0. The molecular formula is C23H18BrNO4. The van der Waals surface area contributed by atoms with E-state index in [1.165, 1.54) is 0 Å². The molecule has 0 spiro atoms. The highest BCUT2D eigenvalue weighted by atomic mass is 79.9. The van der Waals surface area contributed by atoms with Gasteiger partial charge in [0.15, 0.2) is 5.76 Å². The second kappa shape index (κ2) is 8.49. The summed E-state index contributed by atoms with van der Waals surface area (Å²) in [6, 6.07) is 20.4. The van der Waals surface area contributed by atoms with Crippen molar-refractivity contribution < 1.29 is 18.7 Å². The predicted molar refractivity (Wildman–Crippen MR) is 114 cm³/mol. The van der Waals surface area contributed by atoms with Gasteiger partial charge in [0.1, 0.15) is 30.4 Å². The van der Waals surface area contributed by atoms with Gasteiger partial charge < -0.3 is 13.9 Å². The Labute approximate surface area is 176 Å². The first-order valence-electron chi connectivity index (χ1n) is 9.12. The number of ether oxygens (including phenoxy) is 2. The van der Waals surface area contributed by atoms with Crippen LogP contribution in [0.2, 0.25) is 0 Å². The molecule has 0 aliphatic carbocycles. The lowest BCUT2D eigenvalue weighted by Gasteiger charge is -2.10. The van der Waals surface area contributed by atoms with Gasteiger partial charge in [-0.05, 0) is 49.4 Å². The van der Waals surface area contributed by atoms with Crippen LogP contribution in [0.15, 0.2) is 75.6 Å². The van der Waals surface area contributed by atoms with E-state index in [0.29, 0.717) is 28.3 Å². The smallest absolute Gasteiger partial charge is 0.339 e. The molecule has 0 fully saturated rings. The number of carbonyl (C=O) groups excluding carboxylic acids is 1. The van der Waals surface area contributed by atoms with Crippen LogP contribution < -0.4 is 4.74 Å². The van der Waals surface area contributed by atoms with Gasteiger partial charge in [-0.3, -0.25) is 0 Å². The maximum Gasteiger partial charge on any atom is 0.339 e. The van der Waals surface area contributed by atoms with Crippen molar-refractivity contribution >= 4 is 32.8 Å². The number of aryl methyl sites for hydroxylation is 1. The van der Waals surface area contributed by atoms with Crippen molar-refractivity contribution in [3.63, 3.8) is 0 Å². The lowest BCUT2D eigenvalue weighted by atomic mass is 10.1. The Morgan fingerprint density at radius 2 is 1.90 bits per heavy atom. The van der Waals surface area contributed by atoms with E-state index in [2.05, 4.69) is 20.9 Å². The third-order valence-electron chi connectivity index (χ3n) is 4.31. The van der Waals surface area contributed by atoms with E-state index in [4.69, 9.17) is 13.9 Å². The molecule has 0 unspecified atom stereocenters. The molecule has 2 aromatic heterocycles. The molecular weight excluding hydrogens is 434 g/mol.